The third-order valence-electron chi connectivity index (χ3n) is 4.48. The summed E-state index contributed by atoms with van der Waals surface area (Å²) >= 11 is 1.63. The van der Waals surface area contributed by atoms with Gasteiger partial charge in [-0.05, 0) is 55.0 Å². The van der Waals surface area contributed by atoms with Crippen LogP contribution in [0.1, 0.15) is 39.0 Å². The Labute approximate surface area is 146 Å². The zero-order valence-corrected chi connectivity index (χ0v) is 15.2. The molecule has 0 bridgehead atoms. The molecule has 0 radical (unpaired) electrons. The molecule has 1 aromatic heterocycles. The van der Waals surface area contributed by atoms with Gasteiger partial charge in [0.25, 0.3) is 5.91 Å². The van der Waals surface area contributed by atoms with Gasteiger partial charge in [-0.3, -0.25) is 4.79 Å². The molecule has 1 atom stereocenters. The fraction of sp³-hybridized carbons (Fsp3) is 0.421. The van der Waals surface area contributed by atoms with Gasteiger partial charge in [-0.1, -0.05) is 6.92 Å². The Morgan fingerprint density at radius 2 is 2.12 bits per heavy atom. The van der Waals surface area contributed by atoms with Crippen molar-refractivity contribution in [3.63, 3.8) is 0 Å². The van der Waals surface area contributed by atoms with Crippen molar-refractivity contribution in [1.82, 2.24) is 5.32 Å². The molecular weight excluding hydrogens is 322 g/mol. The van der Waals surface area contributed by atoms with E-state index in [2.05, 4.69) is 18.3 Å². The van der Waals surface area contributed by atoms with E-state index < -0.39 is 0 Å². The van der Waals surface area contributed by atoms with E-state index in [4.69, 9.17) is 9.47 Å². The fourth-order valence-corrected chi connectivity index (χ4v) is 4.23. The summed E-state index contributed by atoms with van der Waals surface area (Å²) in [5.41, 5.74) is 2.25. The predicted molar refractivity (Wildman–Crippen MR) is 96.2 cm³/mol. The molecule has 1 amide bonds. The fourth-order valence-electron chi connectivity index (χ4n) is 3.10. The topological polar surface area (TPSA) is 47.6 Å². The molecule has 4 nitrogen and oxygen atoms in total. The molecule has 1 aromatic carbocycles. The SMILES string of the molecule is COc1ccc(OC)c(CNC(=O)c2cc3c(s2)CCC(C)C3)c1. The number of hydrogen-bond acceptors (Lipinski definition) is 4. The first-order valence-electron chi connectivity index (χ1n) is 8.21. The third-order valence-corrected chi connectivity index (χ3v) is 5.72. The average molecular weight is 345 g/mol. The van der Waals surface area contributed by atoms with Gasteiger partial charge in [-0.2, -0.15) is 0 Å². The Hall–Kier alpha value is -2.01. The summed E-state index contributed by atoms with van der Waals surface area (Å²) in [5.74, 6) is 2.19. The van der Waals surface area contributed by atoms with E-state index in [1.807, 2.05) is 18.2 Å². The van der Waals surface area contributed by atoms with E-state index >= 15 is 0 Å². The van der Waals surface area contributed by atoms with Gasteiger partial charge in [0.05, 0.1) is 19.1 Å². The van der Waals surface area contributed by atoms with Crippen molar-refractivity contribution in [2.75, 3.05) is 14.2 Å². The largest absolute Gasteiger partial charge is 0.497 e. The van der Waals surface area contributed by atoms with Crippen molar-refractivity contribution in [2.24, 2.45) is 5.92 Å². The second-order valence-corrected chi connectivity index (χ2v) is 7.40. The number of nitrogens with one attached hydrogen (secondary N) is 1. The Morgan fingerprint density at radius 1 is 1.29 bits per heavy atom. The number of thiophene rings is 1. The lowest BCUT2D eigenvalue weighted by Gasteiger charge is -2.16. The van der Waals surface area contributed by atoms with Crippen LogP contribution in [0.4, 0.5) is 0 Å². The molecule has 1 aliphatic rings. The standard InChI is InChI=1S/C19H23NO3S/c1-12-4-7-17-13(8-12)10-18(24-17)19(21)20-11-14-9-15(22-2)5-6-16(14)23-3/h5-6,9-10,12H,4,7-8,11H2,1-3H3,(H,20,21). The highest BCUT2D eigenvalue weighted by atomic mass is 32.1. The maximum atomic E-state index is 12.5. The molecule has 1 N–H and O–H groups in total. The minimum atomic E-state index is -0.0214. The van der Waals surface area contributed by atoms with Crippen LogP contribution in [0.2, 0.25) is 0 Å². The highest BCUT2D eigenvalue weighted by Crippen LogP contribution is 2.32. The minimum absolute atomic E-state index is 0.0214. The number of ether oxygens (including phenoxy) is 2. The van der Waals surface area contributed by atoms with Gasteiger partial charge in [0.1, 0.15) is 11.5 Å². The average Bonchev–Trinajstić information content (AvgIpc) is 3.02. The summed E-state index contributed by atoms with van der Waals surface area (Å²) in [6.07, 6.45) is 3.40. The molecule has 0 saturated heterocycles. The molecule has 0 spiro atoms. The molecule has 1 aliphatic carbocycles. The summed E-state index contributed by atoms with van der Waals surface area (Å²) in [6.45, 7) is 2.69. The van der Waals surface area contributed by atoms with Crippen LogP contribution in [0, 0.1) is 5.92 Å². The second kappa shape index (κ2) is 7.26. The first-order valence-corrected chi connectivity index (χ1v) is 9.03. The Balaban J connectivity index is 1.70. The molecule has 1 unspecified atom stereocenters. The number of carbonyl (C=O) groups is 1. The number of fused-ring (bicyclic) bond motifs is 1. The van der Waals surface area contributed by atoms with Crippen molar-refractivity contribution >= 4 is 17.2 Å². The molecule has 3 rings (SSSR count). The zero-order chi connectivity index (χ0) is 17.1. The highest BCUT2D eigenvalue weighted by Gasteiger charge is 2.20. The van der Waals surface area contributed by atoms with E-state index in [9.17, 15) is 4.79 Å². The third kappa shape index (κ3) is 3.56. The molecule has 1 heterocycles. The normalized spacial score (nSPS) is 16.4. The van der Waals surface area contributed by atoms with Crippen molar-refractivity contribution in [3.05, 3.63) is 45.1 Å². The molecule has 2 aromatic rings. The van der Waals surface area contributed by atoms with Crippen LogP contribution in [0.25, 0.3) is 0 Å². The van der Waals surface area contributed by atoms with Crippen molar-refractivity contribution in [1.29, 1.82) is 0 Å². The maximum absolute atomic E-state index is 12.5. The number of rotatable bonds is 5. The van der Waals surface area contributed by atoms with Gasteiger partial charge in [0, 0.05) is 17.0 Å². The van der Waals surface area contributed by atoms with Crippen LogP contribution in [0.3, 0.4) is 0 Å². The second-order valence-electron chi connectivity index (χ2n) is 6.27. The smallest absolute Gasteiger partial charge is 0.261 e. The quantitative estimate of drug-likeness (QED) is 0.896. The summed E-state index contributed by atoms with van der Waals surface area (Å²) in [4.78, 5) is 14.7. The van der Waals surface area contributed by atoms with E-state index in [1.165, 1.54) is 16.9 Å². The predicted octanol–water partition coefficient (Wildman–Crippen LogP) is 3.82. The number of benzene rings is 1. The molecule has 24 heavy (non-hydrogen) atoms. The van der Waals surface area contributed by atoms with Crippen molar-refractivity contribution in [3.8, 4) is 11.5 Å². The van der Waals surface area contributed by atoms with Crippen LogP contribution < -0.4 is 14.8 Å². The summed E-state index contributed by atoms with van der Waals surface area (Å²) in [6, 6.07) is 7.65. The van der Waals surface area contributed by atoms with Crippen LogP contribution in [-0.4, -0.2) is 20.1 Å². The molecule has 0 aliphatic heterocycles. The summed E-state index contributed by atoms with van der Waals surface area (Å²) in [7, 11) is 3.25. The molecule has 0 saturated carbocycles. The zero-order valence-electron chi connectivity index (χ0n) is 14.3. The lowest BCUT2D eigenvalue weighted by molar-refractivity contribution is 0.0954. The van der Waals surface area contributed by atoms with Crippen LogP contribution in [-0.2, 0) is 19.4 Å². The van der Waals surface area contributed by atoms with E-state index in [0.717, 1.165) is 34.8 Å². The van der Waals surface area contributed by atoms with Gasteiger partial charge in [-0.15, -0.1) is 11.3 Å². The molecular formula is C19H23NO3S. The summed E-state index contributed by atoms with van der Waals surface area (Å²) in [5, 5.41) is 3.00. The van der Waals surface area contributed by atoms with Gasteiger partial charge in [0.2, 0.25) is 0 Å². The highest BCUT2D eigenvalue weighted by molar-refractivity contribution is 7.14. The van der Waals surface area contributed by atoms with Gasteiger partial charge in [0.15, 0.2) is 0 Å². The Bertz CT molecular complexity index is 738. The Morgan fingerprint density at radius 3 is 2.88 bits per heavy atom. The van der Waals surface area contributed by atoms with Gasteiger partial charge >= 0.3 is 0 Å². The number of hydrogen-bond donors (Lipinski definition) is 1. The monoisotopic (exact) mass is 345 g/mol. The first kappa shape index (κ1) is 16.8. The minimum Gasteiger partial charge on any atom is -0.497 e. The van der Waals surface area contributed by atoms with Crippen LogP contribution in [0.5, 0.6) is 11.5 Å². The van der Waals surface area contributed by atoms with E-state index in [0.29, 0.717) is 12.5 Å². The number of aryl methyl sites for hydroxylation is 1. The lowest BCUT2D eigenvalue weighted by atomic mass is 9.90. The van der Waals surface area contributed by atoms with E-state index in [-0.39, 0.29) is 5.91 Å². The first-order chi connectivity index (χ1) is 11.6. The van der Waals surface area contributed by atoms with Crippen molar-refractivity contribution < 1.29 is 14.3 Å². The van der Waals surface area contributed by atoms with Gasteiger partial charge < -0.3 is 14.8 Å². The van der Waals surface area contributed by atoms with Crippen LogP contribution in [0.15, 0.2) is 24.3 Å². The summed E-state index contributed by atoms with van der Waals surface area (Å²) < 4.78 is 10.6. The van der Waals surface area contributed by atoms with Gasteiger partial charge in [-0.25, -0.2) is 0 Å². The maximum Gasteiger partial charge on any atom is 0.261 e. The Kier molecular flexibility index (Phi) is 5.09. The van der Waals surface area contributed by atoms with Crippen molar-refractivity contribution in [2.45, 2.75) is 32.7 Å². The van der Waals surface area contributed by atoms with Crippen LogP contribution >= 0.6 is 11.3 Å². The number of amides is 1. The van der Waals surface area contributed by atoms with E-state index in [1.54, 1.807) is 25.6 Å². The number of methoxy groups -OCH3 is 2. The molecule has 5 heteroatoms. The lowest BCUT2D eigenvalue weighted by Crippen LogP contribution is -2.22. The number of carbonyl (C=O) groups excluding carboxylic acids is 1. The molecule has 0 fully saturated rings. The molecule has 128 valence electrons.